The molecule has 1 fully saturated rings. The summed E-state index contributed by atoms with van der Waals surface area (Å²) in [5.74, 6) is 0. The molecule has 1 aromatic rings. The molecule has 10 heteroatoms. The van der Waals surface area contributed by atoms with Crippen molar-refractivity contribution in [2.24, 2.45) is 11.1 Å². The monoisotopic (exact) mass is 487 g/mol. The third-order valence-electron chi connectivity index (χ3n) is 6.97. The van der Waals surface area contributed by atoms with Gasteiger partial charge in [0.1, 0.15) is 5.54 Å². The second-order valence-electron chi connectivity index (χ2n) is 9.40. The highest BCUT2D eigenvalue weighted by Gasteiger charge is 2.51. The van der Waals surface area contributed by atoms with Crippen LogP contribution in [0.15, 0.2) is 42.5 Å². The summed E-state index contributed by atoms with van der Waals surface area (Å²) in [4.78, 5) is 0. The van der Waals surface area contributed by atoms with Gasteiger partial charge in [0.25, 0.3) is 0 Å². The lowest BCUT2D eigenvalue weighted by molar-refractivity contribution is -0.143. The van der Waals surface area contributed by atoms with Crippen LogP contribution in [0.25, 0.3) is 0 Å². The van der Waals surface area contributed by atoms with E-state index in [-0.39, 0.29) is 24.8 Å². The fraction of sp³-hybridized carbons (Fsp3) is 0.542. The molecule has 0 amide bonds. The Balaban J connectivity index is 1.90. The third-order valence-corrected chi connectivity index (χ3v) is 6.97. The van der Waals surface area contributed by atoms with E-state index in [1.165, 1.54) is 6.92 Å². The molecule has 1 aliphatic heterocycles. The molecule has 0 spiro atoms. The van der Waals surface area contributed by atoms with E-state index in [4.69, 9.17) is 10.5 Å². The van der Waals surface area contributed by atoms with Crippen LogP contribution in [-0.4, -0.2) is 24.2 Å². The average Bonchev–Trinajstić information content (AvgIpc) is 2.77. The molecule has 4 atom stereocenters. The van der Waals surface area contributed by atoms with Crippen molar-refractivity contribution in [2.75, 3.05) is 13.2 Å². The minimum atomic E-state index is -4.93. The van der Waals surface area contributed by atoms with Gasteiger partial charge >= 0.3 is 12.4 Å². The molecule has 1 heterocycles. The van der Waals surface area contributed by atoms with Crippen molar-refractivity contribution < 1.29 is 31.1 Å². The van der Waals surface area contributed by atoms with Crippen molar-refractivity contribution in [1.82, 2.24) is 5.32 Å². The van der Waals surface area contributed by atoms with Gasteiger partial charge in [-0.05, 0) is 49.9 Å². The highest BCUT2D eigenvalue weighted by Crippen LogP contribution is 2.45. The first-order valence-corrected chi connectivity index (χ1v) is 10.8. The summed E-state index contributed by atoms with van der Waals surface area (Å²) in [6.45, 7) is 3.60. The molecule has 4 nitrogen and oxygen atoms in total. The van der Waals surface area contributed by atoms with Gasteiger partial charge in [-0.15, -0.1) is 0 Å². The Morgan fingerprint density at radius 2 is 1.71 bits per heavy atom. The summed E-state index contributed by atoms with van der Waals surface area (Å²) < 4.78 is 85.5. The van der Waals surface area contributed by atoms with Crippen LogP contribution >= 0.6 is 0 Å². The maximum absolute atomic E-state index is 13.3. The fourth-order valence-corrected chi connectivity index (χ4v) is 4.47. The maximum atomic E-state index is 13.3. The standard InChI is InChI=1S/C24H27F6N3O/c1-16(17-10-18(23(25,26)27)12-19(11-17)24(28,29)30)34-15-22(20(2)6-4-3-5-7-20)9-8-21(32,13-31)14-33-22/h3-6,10-12,16,33H,7-9,14-15,32H2,1-2H3/t16-,20?,21-,22-/m1/s1. The largest absolute Gasteiger partial charge is 0.416 e. The molecule has 3 N–H and O–H groups in total. The maximum Gasteiger partial charge on any atom is 0.416 e. The summed E-state index contributed by atoms with van der Waals surface area (Å²) in [5, 5.41) is 12.7. The van der Waals surface area contributed by atoms with Gasteiger partial charge in [-0.25, -0.2) is 0 Å². The fourth-order valence-electron chi connectivity index (χ4n) is 4.47. The van der Waals surface area contributed by atoms with E-state index in [1.807, 2.05) is 31.2 Å². The van der Waals surface area contributed by atoms with Crippen molar-refractivity contribution in [3.8, 4) is 6.07 Å². The Labute approximate surface area is 194 Å². The van der Waals surface area contributed by atoms with E-state index >= 15 is 0 Å². The van der Waals surface area contributed by atoms with Crippen LogP contribution in [0.3, 0.4) is 0 Å². The lowest BCUT2D eigenvalue weighted by atomic mass is 9.62. The molecule has 1 aliphatic carbocycles. The van der Waals surface area contributed by atoms with Crippen LogP contribution in [0.1, 0.15) is 55.9 Å². The topological polar surface area (TPSA) is 71.1 Å². The van der Waals surface area contributed by atoms with Gasteiger partial charge in [0.15, 0.2) is 0 Å². The summed E-state index contributed by atoms with van der Waals surface area (Å²) in [6, 6.07) is 3.57. The quantitative estimate of drug-likeness (QED) is 0.526. The van der Waals surface area contributed by atoms with Gasteiger partial charge in [-0.3, -0.25) is 0 Å². The number of halogens is 6. The molecule has 0 bridgehead atoms. The summed E-state index contributed by atoms with van der Waals surface area (Å²) in [6.07, 6.45) is -1.72. The Morgan fingerprint density at radius 1 is 1.09 bits per heavy atom. The van der Waals surface area contributed by atoms with Gasteiger partial charge in [0.05, 0.1) is 35.4 Å². The first kappa shape index (κ1) is 26.3. The van der Waals surface area contributed by atoms with Crippen molar-refractivity contribution in [3.05, 3.63) is 59.2 Å². The number of allylic oxidation sites excluding steroid dienone is 3. The molecule has 186 valence electrons. The van der Waals surface area contributed by atoms with Gasteiger partial charge in [-0.1, -0.05) is 31.2 Å². The second-order valence-corrected chi connectivity index (χ2v) is 9.40. The van der Waals surface area contributed by atoms with E-state index < -0.39 is 46.1 Å². The number of nitrogens with zero attached hydrogens (tertiary/aromatic N) is 1. The first-order valence-electron chi connectivity index (χ1n) is 10.8. The van der Waals surface area contributed by atoms with Gasteiger partial charge < -0.3 is 15.8 Å². The first-order chi connectivity index (χ1) is 15.6. The predicted molar refractivity (Wildman–Crippen MR) is 114 cm³/mol. The molecule has 2 aliphatic rings. The molecule has 1 saturated heterocycles. The normalized spacial score (nSPS) is 30.7. The SMILES string of the molecule is C[C@@H](OC[C@@]1(C2(C)C=CC=CC2)CC[C@@](N)(C#N)CN1)c1cc(C(F)(F)F)cc(C(F)(F)F)c1. The van der Waals surface area contributed by atoms with Crippen molar-refractivity contribution in [1.29, 1.82) is 5.26 Å². The van der Waals surface area contributed by atoms with E-state index in [0.29, 0.717) is 31.4 Å². The zero-order chi connectivity index (χ0) is 25.4. The molecule has 0 radical (unpaired) electrons. The number of nitrogens with one attached hydrogen (secondary N) is 1. The van der Waals surface area contributed by atoms with Crippen LogP contribution in [0.4, 0.5) is 26.3 Å². The number of nitrogens with two attached hydrogens (primary N) is 1. The number of ether oxygens (including phenoxy) is 1. The minimum Gasteiger partial charge on any atom is -0.372 e. The van der Waals surface area contributed by atoms with E-state index in [1.54, 1.807) is 0 Å². The minimum absolute atomic E-state index is 0.00194. The van der Waals surface area contributed by atoms with Gasteiger partial charge in [0.2, 0.25) is 0 Å². The Bertz CT molecular complexity index is 967. The lowest BCUT2D eigenvalue weighted by Gasteiger charge is -2.53. The molecule has 0 aromatic heterocycles. The summed E-state index contributed by atoms with van der Waals surface area (Å²) in [7, 11) is 0. The molecule has 34 heavy (non-hydrogen) atoms. The number of hydrogen-bond acceptors (Lipinski definition) is 4. The third kappa shape index (κ3) is 5.32. The van der Waals surface area contributed by atoms with E-state index in [0.717, 1.165) is 0 Å². The summed E-state index contributed by atoms with van der Waals surface area (Å²) >= 11 is 0. The molecule has 3 rings (SSSR count). The number of alkyl halides is 6. The van der Waals surface area contributed by atoms with Gasteiger partial charge in [0, 0.05) is 12.0 Å². The molecule has 0 saturated carbocycles. The van der Waals surface area contributed by atoms with Crippen LogP contribution < -0.4 is 11.1 Å². The number of benzene rings is 1. The number of piperidine rings is 1. The summed E-state index contributed by atoms with van der Waals surface area (Å²) in [5.41, 5.74) is 0.859. The molecular formula is C24H27F6N3O. The zero-order valence-electron chi connectivity index (χ0n) is 18.9. The van der Waals surface area contributed by atoms with E-state index in [2.05, 4.69) is 11.4 Å². The predicted octanol–water partition coefficient (Wildman–Crippen LogP) is 5.67. The van der Waals surface area contributed by atoms with Gasteiger partial charge in [-0.2, -0.15) is 31.6 Å². The van der Waals surface area contributed by atoms with Crippen molar-refractivity contribution in [2.45, 2.75) is 62.6 Å². The smallest absolute Gasteiger partial charge is 0.372 e. The second kappa shape index (κ2) is 9.02. The Kier molecular flexibility index (Phi) is 6.97. The lowest BCUT2D eigenvalue weighted by Crippen LogP contribution is -2.68. The highest BCUT2D eigenvalue weighted by atomic mass is 19.4. The molecule has 1 unspecified atom stereocenters. The van der Waals surface area contributed by atoms with Crippen LogP contribution in [0, 0.1) is 16.7 Å². The van der Waals surface area contributed by atoms with Crippen molar-refractivity contribution >= 4 is 0 Å². The number of nitriles is 1. The Morgan fingerprint density at radius 3 is 2.15 bits per heavy atom. The Hall–Kier alpha value is -2.35. The molecule has 1 aromatic carbocycles. The highest BCUT2D eigenvalue weighted by molar-refractivity contribution is 5.35. The molecular weight excluding hydrogens is 460 g/mol. The number of rotatable bonds is 5. The van der Waals surface area contributed by atoms with Crippen LogP contribution in [0.5, 0.6) is 0 Å². The average molecular weight is 487 g/mol. The zero-order valence-corrected chi connectivity index (χ0v) is 18.9. The van der Waals surface area contributed by atoms with E-state index in [9.17, 15) is 31.6 Å². The number of hydrogen-bond donors (Lipinski definition) is 2. The van der Waals surface area contributed by atoms with Crippen LogP contribution in [0.2, 0.25) is 0 Å². The van der Waals surface area contributed by atoms with Crippen molar-refractivity contribution in [3.63, 3.8) is 0 Å². The van der Waals surface area contributed by atoms with Crippen LogP contribution in [-0.2, 0) is 17.1 Å².